The van der Waals surface area contributed by atoms with Crippen molar-refractivity contribution in [1.29, 1.82) is 0 Å². The van der Waals surface area contributed by atoms with Crippen LogP contribution in [0.2, 0.25) is 0 Å². The number of hydrogen-bond donors (Lipinski definition) is 0. The molecule has 19 heavy (non-hydrogen) atoms. The molecular formula is C13H11F2NO3. The van der Waals surface area contributed by atoms with E-state index in [4.69, 9.17) is 0 Å². The van der Waals surface area contributed by atoms with Crippen LogP contribution in [0.5, 0.6) is 0 Å². The van der Waals surface area contributed by atoms with Crippen LogP contribution in [-0.2, 0) is 9.59 Å². The molecule has 0 radical (unpaired) electrons. The van der Waals surface area contributed by atoms with Crippen LogP contribution in [0.25, 0.3) is 0 Å². The third kappa shape index (κ3) is 1.93. The summed E-state index contributed by atoms with van der Waals surface area (Å²) in [6.45, 7) is 3.07. The highest BCUT2D eigenvalue weighted by molar-refractivity contribution is 6.52. The lowest BCUT2D eigenvalue weighted by Crippen LogP contribution is -2.42. The fraction of sp³-hybridized carbons (Fsp3) is 0.308. The summed E-state index contributed by atoms with van der Waals surface area (Å²) in [4.78, 5) is 36.1. The predicted octanol–water partition coefficient (Wildman–Crippen LogP) is 1.86. The molecule has 0 aromatic heterocycles. The first-order valence-electron chi connectivity index (χ1n) is 5.78. The summed E-state index contributed by atoms with van der Waals surface area (Å²) in [5, 5.41) is 0. The van der Waals surface area contributed by atoms with Gasteiger partial charge in [-0.05, 0) is 13.0 Å². The van der Waals surface area contributed by atoms with Crippen molar-refractivity contribution in [2.75, 3.05) is 4.90 Å². The zero-order chi connectivity index (χ0) is 14.3. The first kappa shape index (κ1) is 13.3. The maximum absolute atomic E-state index is 13.2. The largest absolute Gasteiger partial charge is 0.300 e. The van der Waals surface area contributed by atoms with Crippen LogP contribution >= 0.6 is 0 Å². The second-order valence-corrected chi connectivity index (χ2v) is 4.28. The molecular weight excluding hydrogens is 256 g/mol. The lowest BCUT2D eigenvalue weighted by Gasteiger charge is -2.23. The zero-order valence-electron chi connectivity index (χ0n) is 10.4. The van der Waals surface area contributed by atoms with E-state index in [9.17, 15) is 23.2 Å². The Bertz CT molecular complexity index is 598. The first-order valence-corrected chi connectivity index (χ1v) is 5.78. The Morgan fingerprint density at radius 3 is 2.42 bits per heavy atom. The normalized spacial score (nSPS) is 15.7. The molecule has 0 fully saturated rings. The van der Waals surface area contributed by atoms with Gasteiger partial charge in [0, 0.05) is 12.5 Å². The molecule has 0 bridgehead atoms. The summed E-state index contributed by atoms with van der Waals surface area (Å²) < 4.78 is 26.3. The summed E-state index contributed by atoms with van der Waals surface area (Å²) >= 11 is 0. The Kier molecular flexibility index (Phi) is 3.18. The monoisotopic (exact) mass is 267 g/mol. The molecule has 100 valence electrons. The second kappa shape index (κ2) is 4.53. The number of halogens is 2. The van der Waals surface area contributed by atoms with Gasteiger partial charge in [0.1, 0.15) is 0 Å². The molecule has 0 saturated carbocycles. The highest BCUT2D eigenvalue weighted by atomic mass is 19.2. The summed E-state index contributed by atoms with van der Waals surface area (Å²) in [6.07, 6.45) is 0.179. The van der Waals surface area contributed by atoms with Gasteiger partial charge in [-0.25, -0.2) is 8.78 Å². The fourth-order valence-corrected chi connectivity index (χ4v) is 2.08. The van der Waals surface area contributed by atoms with Crippen LogP contribution < -0.4 is 4.90 Å². The number of amides is 1. The van der Waals surface area contributed by atoms with E-state index in [2.05, 4.69) is 0 Å². The van der Waals surface area contributed by atoms with Crippen molar-refractivity contribution < 1.29 is 23.2 Å². The minimum absolute atomic E-state index is 0.0526. The smallest absolute Gasteiger partial charge is 0.297 e. The molecule has 1 heterocycles. The molecule has 0 spiro atoms. The summed E-state index contributed by atoms with van der Waals surface area (Å²) in [5.41, 5.74) is -0.261. The molecule has 0 saturated heterocycles. The molecule has 0 aliphatic carbocycles. The minimum atomic E-state index is -1.20. The topological polar surface area (TPSA) is 54.5 Å². The number of Topliss-reactive ketones (excluding diaryl/α,β-unsaturated/α-hetero) is 2. The third-order valence-electron chi connectivity index (χ3n) is 3.16. The molecule has 1 unspecified atom stereocenters. The van der Waals surface area contributed by atoms with Gasteiger partial charge in [-0.3, -0.25) is 19.3 Å². The number of nitrogens with zero attached hydrogens (tertiary/aromatic N) is 1. The van der Waals surface area contributed by atoms with Crippen molar-refractivity contribution in [3.8, 4) is 0 Å². The highest BCUT2D eigenvalue weighted by Gasteiger charge is 2.41. The van der Waals surface area contributed by atoms with E-state index in [-0.39, 0.29) is 23.5 Å². The number of carbonyl (C=O) groups is 3. The maximum atomic E-state index is 13.2. The number of anilines is 1. The van der Waals surface area contributed by atoms with Gasteiger partial charge in [-0.15, -0.1) is 0 Å². The Labute approximate surface area is 108 Å². The molecule has 1 aromatic rings. The maximum Gasteiger partial charge on any atom is 0.300 e. The second-order valence-electron chi connectivity index (χ2n) is 4.28. The van der Waals surface area contributed by atoms with Crippen LogP contribution in [0, 0.1) is 11.6 Å². The molecule has 1 aliphatic rings. The van der Waals surface area contributed by atoms with Gasteiger partial charge in [0.25, 0.3) is 11.7 Å². The standard InChI is InChI=1S/C13H11F2NO3/c1-3-11(17)6(2)16-10-5-9(15)8(14)4-7(10)12(18)13(16)19/h4-6H,3H2,1-2H3. The molecule has 0 N–H and O–H groups in total. The average molecular weight is 267 g/mol. The fourth-order valence-electron chi connectivity index (χ4n) is 2.08. The molecule has 1 atom stereocenters. The van der Waals surface area contributed by atoms with Crippen molar-refractivity contribution in [3.05, 3.63) is 29.3 Å². The van der Waals surface area contributed by atoms with E-state index < -0.39 is 29.4 Å². The lowest BCUT2D eigenvalue weighted by atomic mass is 10.1. The van der Waals surface area contributed by atoms with Crippen LogP contribution in [0.4, 0.5) is 14.5 Å². The number of hydrogen-bond acceptors (Lipinski definition) is 3. The quantitative estimate of drug-likeness (QED) is 0.785. The highest BCUT2D eigenvalue weighted by Crippen LogP contribution is 2.32. The summed E-state index contributed by atoms with van der Waals surface area (Å²) in [6, 6.07) is 0.577. The summed E-state index contributed by atoms with van der Waals surface area (Å²) in [5.74, 6) is -4.49. The van der Waals surface area contributed by atoms with Crippen molar-refractivity contribution in [2.24, 2.45) is 0 Å². The van der Waals surface area contributed by atoms with Crippen molar-refractivity contribution in [1.82, 2.24) is 0 Å². The van der Waals surface area contributed by atoms with Gasteiger partial charge < -0.3 is 0 Å². The number of fused-ring (bicyclic) bond motifs is 1. The number of benzene rings is 1. The average Bonchev–Trinajstić information content (AvgIpc) is 2.61. The number of rotatable bonds is 3. The Hall–Kier alpha value is -2.11. The van der Waals surface area contributed by atoms with Gasteiger partial charge in [-0.1, -0.05) is 6.92 Å². The van der Waals surface area contributed by atoms with Crippen LogP contribution in [0.1, 0.15) is 30.6 Å². The Morgan fingerprint density at radius 2 is 1.84 bits per heavy atom. The minimum Gasteiger partial charge on any atom is -0.297 e. The number of ketones is 2. The zero-order valence-corrected chi connectivity index (χ0v) is 10.4. The molecule has 4 nitrogen and oxygen atoms in total. The van der Waals surface area contributed by atoms with Crippen molar-refractivity contribution >= 4 is 23.2 Å². The predicted molar refractivity (Wildman–Crippen MR) is 62.9 cm³/mol. The van der Waals surface area contributed by atoms with E-state index in [1.165, 1.54) is 6.92 Å². The molecule has 6 heteroatoms. The van der Waals surface area contributed by atoms with Gasteiger partial charge >= 0.3 is 0 Å². The van der Waals surface area contributed by atoms with E-state index in [0.29, 0.717) is 6.07 Å². The Balaban J connectivity index is 2.56. The van der Waals surface area contributed by atoms with Gasteiger partial charge in [0.2, 0.25) is 0 Å². The third-order valence-corrected chi connectivity index (χ3v) is 3.16. The lowest BCUT2D eigenvalue weighted by molar-refractivity contribution is -0.122. The molecule has 1 aromatic carbocycles. The molecule has 2 rings (SSSR count). The van der Waals surface area contributed by atoms with Crippen molar-refractivity contribution in [3.63, 3.8) is 0 Å². The van der Waals surface area contributed by atoms with Crippen LogP contribution in [-0.4, -0.2) is 23.5 Å². The summed E-state index contributed by atoms with van der Waals surface area (Å²) in [7, 11) is 0. The number of carbonyl (C=O) groups excluding carboxylic acids is 3. The Morgan fingerprint density at radius 1 is 1.26 bits per heavy atom. The van der Waals surface area contributed by atoms with Crippen LogP contribution in [0.3, 0.4) is 0 Å². The first-order chi connectivity index (χ1) is 8.88. The SMILES string of the molecule is CCC(=O)C(C)N1C(=O)C(=O)c2cc(F)c(F)cc21. The van der Waals surface area contributed by atoms with E-state index in [1.807, 2.05) is 0 Å². The van der Waals surface area contributed by atoms with Crippen molar-refractivity contribution in [2.45, 2.75) is 26.3 Å². The van der Waals surface area contributed by atoms with Gasteiger partial charge in [-0.2, -0.15) is 0 Å². The van der Waals surface area contributed by atoms with E-state index in [1.54, 1.807) is 6.92 Å². The van der Waals surface area contributed by atoms with Crippen LogP contribution in [0.15, 0.2) is 12.1 Å². The molecule has 1 amide bonds. The van der Waals surface area contributed by atoms with Gasteiger partial charge in [0.05, 0.1) is 17.3 Å². The van der Waals surface area contributed by atoms with E-state index in [0.717, 1.165) is 11.0 Å². The van der Waals surface area contributed by atoms with Gasteiger partial charge in [0.15, 0.2) is 17.4 Å². The molecule has 1 aliphatic heterocycles. The van der Waals surface area contributed by atoms with E-state index >= 15 is 0 Å².